The molecule has 0 fully saturated rings. The lowest BCUT2D eigenvalue weighted by atomic mass is 10.1. The van der Waals surface area contributed by atoms with E-state index in [9.17, 15) is 9.90 Å². The normalized spacial score (nSPS) is 14.2. The fraction of sp³-hybridized carbons (Fsp3) is 0.385. The second-order valence-electron chi connectivity index (χ2n) is 4.58. The number of aliphatic hydroxyl groups is 1. The summed E-state index contributed by atoms with van der Waals surface area (Å²) in [5.74, 6) is 0. The molecule has 6 nitrogen and oxygen atoms in total. The van der Waals surface area contributed by atoms with Crippen molar-refractivity contribution in [3.8, 4) is 0 Å². The van der Waals surface area contributed by atoms with Gasteiger partial charge in [0.05, 0.1) is 35.2 Å². The molecule has 0 amide bonds. The number of nitrogens with zero attached hydrogens (tertiary/aromatic N) is 1. The molecular weight excluding hydrogens is 276 g/mol. The molecule has 2 unspecified atom stereocenters. The van der Waals surface area contributed by atoms with Gasteiger partial charge in [-0.05, 0) is 25.3 Å². The Hall–Kier alpha value is -1.73. The molecule has 1 aromatic carbocycles. The number of aromatic amines is 1. The van der Waals surface area contributed by atoms with Crippen molar-refractivity contribution in [1.82, 2.24) is 9.97 Å². The van der Waals surface area contributed by atoms with Crippen molar-refractivity contribution in [2.24, 2.45) is 0 Å². The van der Waals surface area contributed by atoms with Crippen molar-refractivity contribution in [3.05, 3.63) is 28.8 Å². The van der Waals surface area contributed by atoms with Crippen LogP contribution in [0.5, 0.6) is 0 Å². The number of hydrogen-bond donors (Lipinski definition) is 4. The molecule has 0 bridgehead atoms. The van der Waals surface area contributed by atoms with Gasteiger partial charge in [-0.25, -0.2) is 4.98 Å². The second kappa shape index (κ2) is 6.15. The lowest BCUT2D eigenvalue weighted by molar-refractivity contribution is 0.288. The van der Waals surface area contributed by atoms with Crippen LogP contribution in [0.3, 0.4) is 0 Å². The summed E-state index contributed by atoms with van der Waals surface area (Å²) in [6, 6.07) is 3.41. The van der Waals surface area contributed by atoms with Gasteiger partial charge in [-0.2, -0.15) is 11.8 Å². The number of aliphatic hydroxyl groups excluding tert-OH is 1. The molecule has 108 valence electrons. The van der Waals surface area contributed by atoms with Gasteiger partial charge < -0.3 is 21.1 Å². The van der Waals surface area contributed by atoms with Gasteiger partial charge in [0.1, 0.15) is 0 Å². The summed E-state index contributed by atoms with van der Waals surface area (Å²) in [7, 11) is 0. The highest BCUT2D eigenvalue weighted by Crippen LogP contribution is 2.25. The van der Waals surface area contributed by atoms with Crippen molar-refractivity contribution in [2.75, 3.05) is 23.9 Å². The van der Waals surface area contributed by atoms with Crippen molar-refractivity contribution >= 4 is 34.0 Å². The molecule has 0 aliphatic carbocycles. The number of nitrogens with one attached hydrogen (secondary N) is 2. The quantitative estimate of drug-likeness (QED) is 0.614. The average molecular weight is 294 g/mol. The van der Waals surface area contributed by atoms with Crippen LogP contribution in [0.4, 0.5) is 11.4 Å². The van der Waals surface area contributed by atoms with E-state index in [2.05, 4.69) is 15.3 Å². The number of thioether (sulfide) groups is 1. The molecule has 20 heavy (non-hydrogen) atoms. The monoisotopic (exact) mass is 294 g/mol. The number of nitrogens with two attached hydrogens (primary N) is 1. The van der Waals surface area contributed by atoms with Gasteiger partial charge in [0, 0.05) is 11.3 Å². The number of rotatable bonds is 5. The molecule has 0 saturated heterocycles. The Labute approximate surface area is 120 Å². The third-order valence-corrected chi connectivity index (χ3v) is 4.40. The first-order valence-electron chi connectivity index (χ1n) is 6.24. The molecule has 0 radical (unpaired) electrons. The minimum atomic E-state index is -0.210. The maximum Gasteiger partial charge on any atom is 0.258 e. The molecule has 0 spiro atoms. The molecule has 1 heterocycles. The summed E-state index contributed by atoms with van der Waals surface area (Å²) >= 11 is 1.59. The molecule has 2 atom stereocenters. The Morgan fingerprint density at radius 3 is 2.95 bits per heavy atom. The molecule has 7 heteroatoms. The van der Waals surface area contributed by atoms with E-state index in [1.807, 2.05) is 13.2 Å². The third-order valence-electron chi connectivity index (χ3n) is 3.24. The highest BCUT2D eigenvalue weighted by atomic mass is 32.2. The van der Waals surface area contributed by atoms with Crippen LogP contribution >= 0.6 is 11.8 Å². The standard InChI is InChI=1S/C13H18N4O2S/c1-7(12(5-18)20-2)17-11-4-10-8(3-9(11)14)13(19)16-6-15-10/h3-4,6-7,12,17-18H,5,14H2,1-2H3,(H,15,16,19). The van der Waals surface area contributed by atoms with Gasteiger partial charge in [0.25, 0.3) is 5.56 Å². The number of hydrogen-bond acceptors (Lipinski definition) is 6. The summed E-state index contributed by atoms with van der Waals surface area (Å²) in [5.41, 5.74) is 7.56. The van der Waals surface area contributed by atoms with Gasteiger partial charge >= 0.3 is 0 Å². The van der Waals surface area contributed by atoms with E-state index in [4.69, 9.17) is 5.73 Å². The number of aromatic nitrogens is 2. The molecule has 2 rings (SSSR count). The number of benzene rings is 1. The average Bonchev–Trinajstić information content (AvgIpc) is 2.42. The first kappa shape index (κ1) is 14.7. The molecule has 0 saturated carbocycles. The third kappa shape index (κ3) is 2.88. The highest BCUT2D eigenvalue weighted by molar-refractivity contribution is 7.99. The fourth-order valence-corrected chi connectivity index (χ4v) is 2.66. The van der Waals surface area contributed by atoms with Crippen molar-refractivity contribution in [1.29, 1.82) is 0 Å². The van der Waals surface area contributed by atoms with Gasteiger partial charge in [-0.15, -0.1) is 0 Å². The first-order valence-corrected chi connectivity index (χ1v) is 7.52. The Bertz CT molecular complexity index is 654. The van der Waals surface area contributed by atoms with E-state index >= 15 is 0 Å². The van der Waals surface area contributed by atoms with Crippen LogP contribution in [0.15, 0.2) is 23.3 Å². The molecule has 0 aliphatic heterocycles. The topological polar surface area (TPSA) is 104 Å². The maximum absolute atomic E-state index is 11.7. The predicted octanol–water partition coefficient (Wildman–Crippen LogP) is 1.03. The molecule has 0 aliphatic rings. The fourth-order valence-electron chi connectivity index (χ4n) is 2.03. The summed E-state index contributed by atoms with van der Waals surface area (Å²) in [4.78, 5) is 18.3. The van der Waals surface area contributed by atoms with Crippen LogP contribution in [0.2, 0.25) is 0 Å². The molecular formula is C13H18N4O2S. The number of fused-ring (bicyclic) bond motifs is 1. The van der Waals surface area contributed by atoms with Crippen molar-refractivity contribution in [2.45, 2.75) is 18.2 Å². The Balaban J connectivity index is 2.35. The number of anilines is 2. The predicted molar refractivity (Wildman–Crippen MR) is 84.2 cm³/mol. The Kier molecular flexibility index (Phi) is 4.51. The van der Waals surface area contributed by atoms with Crippen LogP contribution in [0.25, 0.3) is 10.9 Å². The summed E-state index contributed by atoms with van der Waals surface area (Å²) in [5, 5.41) is 13.1. The van der Waals surface area contributed by atoms with Crippen LogP contribution in [0, 0.1) is 0 Å². The summed E-state index contributed by atoms with van der Waals surface area (Å²) in [6.45, 7) is 2.06. The van der Waals surface area contributed by atoms with E-state index < -0.39 is 0 Å². The lowest BCUT2D eigenvalue weighted by Crippen LogP contribution is -2.31. The summed E-state index contributed by atoms with van der Waals surface area (Å²) < 4.78 is 0. The van der Waals surface area contributed by atoms with Crippen LogP contribution < -0.4 is 16.6 Å². The minimum Gasteiger partial charge on any atom is -0.397 e. The van der Waals surface area contributed by atoms with E-state index in [-0.39, 0.29) is 23.5 Å². The van der Waals surface area contributed by atoms with Crippen molar-refractivity contribution in [3.63, 3.8) is 0 Å². The zero-order valence-corrected chi connectivity index (χ0v) is 12.2. The lowest BCUT2D eigenvalue weighted by Gasteiger charge is -2.23. The van der Waals surface area contributed by atoms with Crippen LogP contribution in [-0.4, -0.2) is 39.2 Å². The SMILES string of the molecule is CSC(CO)C(C)Nc1cc2nc[nH]c(=O)c2cc1N. The maximum atomic E-state index is 11.7. The largest absolute Gasteiger partial charge is 0.397 e. The summed E-state index contributed by atoms with van der Waals surface area (Å²) in [6.07, 6.45) is 3.32. The highest BCUT2D eigenvalue weighted by Gasteiger charge is 2.16. The van der Waals surface area contributed by atoms with E-state index in [0.717, 1.165) is 5.69 Å². The smallest absolute Gasteiger partial charge is 0.258 e. The van der Waals surface area contributed by atoms with Gasteiger partial charge in [0.2, 0.25) is 0 Å². The molecule has 5 N–H and O–H groups in total. The van der Waals surface area contributed by atoms with Crippen LogP contribution in [0.1, 0.15) is 6.92 Å². The van der Waals surface area contributed by atoms with E-state index in [1.165, 1.54) is 6.33 Å². The van der Waals surface area contributed by atoms with Gasteiger partial charge in [-0.3, -0.25) is 4.79 Å². The van der Waals surface area contributed by atoms with Gasteiger partial charge in [0.15, 0.2) is 0 Å². The van der Waals surface area contributed by atoms with E-state index in [1.54, 1.807) is 23.9 Å². The second-order valence-corrected chi connectivity index (χ2v) is 5.65. The zero-order valence-electron chi connectivity index (χ0n) is 11.4. The van der Waals surface area contributed by atoms with E-state index in [0.29, 0.717) is 16.6 Å². The zero-order chi connectivity index (χ0) is 14.7. The Morgan fingerprint density at radius 2 is 2.30 bits per heavy atom. The minimum absolute atomic E-state index is 0.0387. The van der Waals surface area contributed by atoms with Gasteiger partial charge in [-0.1, -0.05) is 0 Å². The molecule has 2 aromatic rings. The number of nitrogen functional groups attached to an aromatic ring is 1. The first-order chi connectivity index (χ1) is 9.56. The Morgan fingerprint density at radius 1 is 1.55 bits per heavy atom. The molecule has 1 aromatic heterocycles. The van der Waals surface area contributed by atoms with Crippen LogP contribution in [-0.2, 0) is 0 Å². The van der Waals surface area contributed by atoms with Crippen molar-refractivity contribution < 1.29 is 5.11 Å². The number of H-pyrrole nitrogens is 1.